The van der Waals surface area contributed by atoms with Crippen molar-refractivity contribution in [3.63, 3.8) is 0 Å². The van der Waals surface area contributed by atoms with E-state index in [9.17, 15) is 19.8 Å². The molecule has 0 aromatic carbocycles. The number of aliphatic hydroxyl groups is 1. The van der Waals surface area contributed by atoms with E-state index in [0.717, 1.165) is 0 Å². The molecule has 108 valence electrons. The summed E-state index contributed by atoms with van der Waals surface area (Å²) < 4.78 is 0. The number of amides is 1. The van der Waals surface area contributed by atoms with Crippen LogP contribution in [0.2, 0.25) is 0 Å². The SMILES string of the molecule is C[C@@H](O)[C@H]1C(=O)N2C(C(=O)O)=C(C#CC(C)(C)C)C[C@H]12. The fourth-order valence-corrected chi connectivity index (χ4v) is 2.65. The maximum Gasteiger partial charge on any atom is 0.353 e. The van der Waals surface area contributed by atoms with E-state index in [2.05, 4.69) is 11.8 Å². The summed E-state index contributed by atoms with van der Waals surface area (Å²) in [6.07, 6.45) is -0.361. The zero-order chi connectivity index (χ0) is 15.2. The topological polar surface area (TPSA) is 77.8 Å². The summed E-state index contributed by atoms with van der Waals surface area (Å²) in [4.78, 5) is 24.6. The molecule has 0 spiro atoms. The van der Waals surface area contributed by atoms with E-state index in [1.165, 1.54) is 4.90 Å². The minimum absolute atomic E-state index is 0.0198. The van der Waals surface area contributed by atoms with E-state index >= 15 is 0 Å². The van der Waals surface area contributed by atoms with Crippen LogP contribution in [-0.4, -0.2) is 39.1 Å². The number of carboxylic acid groups (broad SMARTS) is 1. The standard InChI is InChI=1S/C15H19NO4/c1-8(17)11-10-7-9(5-6-15(2,3)4)12(14(19)20)16(10)13(11)18/h8,10-11,17H,7H2,1-4H3,(H,19,20)/t8-,10-,11-/m1/s1. The smallest absolute Gasteiger partial charge is 0.353 e. The Balaban J connectivity index is 2.35. The van der Waals surface area contributed by atoms with Crippen molar-refractivity contribution in [2.24, 2.45) is 11.3 Å². The average Bonchev–Trinajstić information content (AvgIpc) is 2.59. The van der Waals surface area contributed by atoms with Gasteiger partial charge in [-0.05, 0) is 27.7 Å². The molecule has 0 saturated carbocycles. The molecule has 5 nitrogen and oxygen atoms in total. The lowest BCUT2D eigenvalue weighted by atomic mass is 9.83. The zero-order valence-electron chi connectivity index (χ0n) is 12.1. The van der Waals surface area contributed by atoms with Crippen LogP contribution in [0.3, 0.4) is 0 Å². The molecule has 0 aliphatic carbocycles. The number of nitrogens with zero attached hydrogens (tertiary/aromatic N) is 1. The van der Waals surface area contributed by atoms with E-state index in [1.807, 2.05) is 20.8 Å². The fraction of sp³-hybridized carbons (Fsp3) is 0.600. The van der Waals surface area contributed by atoms with Gasteiger partial charge in [0.05, 0.1) is 18.1 Å². The van der Waals surface area contributed by atoms with Gasteiger partial charge >= 0.3 is 5.97 Å². The number of fused-ring (bicyclic) bond motifs is 1. The minimum Gasteiger partial charge on any atom is -0.477 e. The second-order valence-electron chi connectivity index (χ2n) is 6.38. The monoisotopic (exact) mass is 277 g/mol. The molecular formula is C15H19NO4. The molecule has 2 N–H and O–H groups in total. The van der Waals surface area contributed by atoms with Gasteiger partial charge in [0.25, 0.3) is 0 Å². The Morgan fingerprint density at radius 2 is 2.05 bits per heavy atom. The largest absolute Gasteiger partial charge is 0.477 e. The Labute approximate surface area is 118 Å². The Hall–Kier alpha value is -1.80. The summed E-state index contributed by atoms with van der Waals surface area (Å²) in [6, 6.07) is -0.266. The van der Waals surface area contributed by atoms with E-state index in [0.29, 0.717) is 12.0 Å². The lowest BCUT2D eigenvalue weighted by Crippen LogP contribution is -2.61. The molecular weight excluding hydrogens is 258 g/mol. The molecule has 20 heavy (non-hydrogen) atoms. The first-order valence-corrected chi connectivity index (χ1v) is 6.64. The lowest BCUT2D eigenvalue weighted by molar-refractivity contribution is -0.161. The molecule has 2 aliphatic heterocycles. The highest BCUT2D eigenvalue weighted by molar-refractivity contribution is 6.00. The third kappa shape index (κ3) is 2.32. The van der Waals surface area contributed by atoms with Crippen LogP contribution in [0.5, 0.6) is 0 Å². The molecule has 1 amide bonds. The average molecular weight is 277 g/mol. The quantitative estimate of drug-likeness (QED) is 0.583. The number of carbonyl (C=O) groups is 2. The van der Waals surface area contributed by atoms with Crippen molar-refractivity contribution < 1.29 is 19.8 Å². The number of β-lactam (4-membered cyclic amide) rings is 1. The normalized spacial score (nSPS) is 26.6. The van der Waals surface area contributed by atoms with Gasteiger partial charge in [0.1, 0.15) is 5.70 Å². The third-order valence-electron chi connectivity index (χ3n) is 3.52. The lowest BCUT2D eigenvalue weighted by Gasteiger charge is -2.44. The summed E-state index contributed by atoms with van der Waals surface area (Å²) >= 11 is 0. The van der Waals surface area contributed by atoms with Crippen molar-refractivity contribution in [3.05, 3.63) is 11.3 Å². The summed E-state index contributed by atoms with van der Waals surface area (Å²) in [5, 5.41) is 18.9. The van der Waals surface area contributed by atoms with E-state index in [4.69, 9.17) is 0 Å². The maximum absolute atomic E-state index is 12.0. The summed E-state index contributed by atoms with van der Waals surface area (Å²) in [5.41, 5.74) is 0.226. The number of hydrogen-bond donors (Lipinski definition) is 2. The molecule has 1 fully saturated rings. The second kappa shape index (κ2) is 4.64. The van der Waals surface area contributed by atoms with E-state index in [-0.39, 0.29) is 23.1 Å². The van der Waals surface area contributed by atoms with Crippen LogP contribution in [0.4, 0.5) is 0 Å². The molecule has 2 aliphatic rings. The molecule has 1 saturated heterocycles. The highest BCUT2D eigenvalue weighted by Gasteiger charge is 2.56. The highest BCUT2D eigenvalue weighted by Crippen LogP contribution is 2.43. The van der Waals surface area contributed by atoms with Crippen molar-refractivity contribution in [2.45, 2.75) is 46.3 Å². The molecule has 0 aromatic rings. The van der Waals surface area contributed by atoms with Crippen molar-refractivity contribution in [1.82, 2.24) is 4.90 Å². The summed E-state index contributed by atoms with van der Waals surface area (Å²) in [7, 11) is 0. The van der Waals surface area contributed by atoms with Crippen molar-refractivity contribution in [3.8, 4) is 11.8 Å². The highest BCUT2D eigenvalue weighted by atomic mass is 16.4. The van der Waals surface area contributed by atoms with Gasteiger partial charge in [0.15, 0.2) is 0 Å². The Kier molecular flexibility index (Phi) is 3.39. The number of hydrogen-bond acceptors (Lipinski definition) is 3. The van der Waals surface area contributed by atoms with Crippen LogP contribution in [-0.2, 0) is 9.59 Å². The van der Waals surface area contributed by atoms with Gasteiger partial charge in [0.2, 0.25) is 5.91 Å². The predicted molar refractivity (Wildman–Crippen MR) is 72.3 cm³/mol. The molecule has 2 rings (SSSR count). The van der Waals surface area contributed by atoms with Gasteiger partial charge in [-0.25, -0.2) is 4.79 Å². The summed E-state index contributed by atoms with van der Waals surface area (Å²) in [5.74, 6) is 3.94. The van der Waals surface area contributed by atoms with Gasteiger partial charge in [0, 0.05) is 17.4 Å². The number of carbonyl (C=O) groups excluding carboxylic acids is 1. The van der Waals surface area contributed by atoms with Crippen LogP contribution >= 0.6 is 0 Å². The first-order valence-electron chi connectivity index (χ1n) is 6.64. The van der Waals surface area contributed by atoms with Gasteiger partial charge in [-0.15, -0.1) is 0 Å². The van der Waals surface area contributed by atoms with Crippen LogP contribution < -0.4 is 0 Å². The van der Waals surface area contributed by atoms with Gasteiger partial charge in [-0.1, -0.05) is 11.8 Å². The Morgan fingerprint density at radius 1 is 1.45 bits per heavy atom. The molecule has 2 heterocycles. The van der Waals surface area contributed by atoms with Crippen LogP contribution in [0.15, 0.2) is 11.3 Å². The Morgan fingerprint density at radius 3 is 2.50 bits per heavy atom. The number of rotatable bonds is 2. The zero-order valence-corrected chi connectivity index (χ0v) is 12.1. The number of aliphatic carboxylic acids is 1. The van der Waals surface area contributed by atoms with E-state index < -0.39 is 18.0 Å². The molecule has 3 atom stereocenters. The minimum atomic E-state index is -1.14. The molecule has 5 heteroatoms. The van der Waals surface area contributed by atoms with Gasteiger partial charge in [-0.3, -0.25) is 4.79 Å². The predicted octanol–water partition coefficient (Wildman–Crippen LogP) is 0.986. The molecule has 0 radical (unpaired) electrons. The summed E-state index contributed by atoms with van der Waals surface area (Å²) in [6.45, 7) is 7.37. The van der Waals surface area contributed by atoms with Crippen molar-refractivity contribution in [2.75, 3.05) is 0 Å². The first-order chi connectivity index (χ1) is 9.13. The molecule has 0 bridgehead atoms. The van der Waals surface area contributed by atoms with Gasteiger partial charge in [-0.2, -0.15) is 0 Å². The van der Waals surface area contributed by atoms with E-state index in [1.54, 1.807) is 6.92 Å². The maximum atomic E-state index is 12.0. The second-order valence-corrected chi connectivity index (χ2v) is 6.38. The first kappa shape index (κ1) is 14.6. The molecule has 0 aromatic heterocycles. The number of aliphatic hydroxyl groups excluding tert-OH is 1. The van der Waals surface area contributed by atoms with Gasteiger partial charge < -0.3 is 15.1 Å². The van der Waals surface area contributed by atoms with Crippen molar-refractivity contribution >= 4 is 11.9 Å². The number of carboxylic acids is 1. The van der Waals surface area contributed by atoms with Crippen LogP contribution in [0, 0.1) is 23.2 Å². The molecule has 0 unspecified atom stereocenters. The third-order valence-corrected chi connectivity index (χ3v) is 3.52. The van der Waals surface area contributed by atoms with Crippen LogP contribution in [0.25, 0.3) is 0 Å². The van der Waals surface area contributed by atoms with Crippen molar-refractivity contribution in [1.29, 1.82) is 0 Å². The Bertz CT molecular complexity index is 557. The van der Waals surface area contributed by atoms with Crippen LogP contribution in [0.1, 0.15) is 34.1 Å². The fourth-order valence-electron chi connectivity index (χ4n) is 2.65.